The van der Waals surface area contributed by atoms with Gasteiger partial charge in [-0.05, 0) is 31.1 Å². The summed E-state index contributed by atoms with van der Waals surface area (Å²) in [5, 5.41) is 0. The molecule has 0 amide bonds. The Balaban J connectivity index is 3.45. The Bertz CT molecular complexity index is 140. The molecule has 0 saturated carbocycles. The van der Waals surface area contributed by atoms with Gasteiger partial charge in [0.05, 0.1) is 6.61 Å². The number of ether oxygens (including phenoxy) is 1. The summed E-state index contributed by atoms with van der Waals surface area (Å²) in [6.45, 7) is 4.27. The molecule has 72 valence electrons. The van der Waals surface area contributed by atoms with Gasteiger partial charge in [0, 0.05) is 0 Å². The van der Waals surface area contributed by atoms with E-state index >= 15 is 0 Å². The van der Waals surface area contributed by atoms with Crippen LogP contribution in [0.15, 0.2) is 0 Å². The van der Waals surface area contributed by atoms with Crippen molar-refractivity contribution in [1.29, 1.82) is 0 Å². The van der Waals surface area contributed by atoms with Gasteiger partial charge in [-0.15, -0.1) is 0 Å². The van der Waals surface area contributed by atoms with Crippen molar-refractivity contribution in [2.75, 3.05) is 11.0 Å². The van der Waals surface area contributed by atoms with Gasteiger partial charge >= 0.3 is 5.97 Å². The van der Waals surface area contributed by atoms with Crippen LogP contribution in [0.2, 0.25) is 0 Å². The van der Waals surface area contributed by atoms with E-state index in [-0.39, 0.29) is 9.39 Å². The second-order valence-electron chi connectivity index (χ2n) is 3.00. The Morgan fingerprint density at radius 3 is 2.42 bits per heavy atom. The third kappa shape index (κ3) is 6.45. The van der Waals surface area contributed by atoms with Crippen molar-refractivity contribution in [2.24, 2.45) is 0 Å². The molecule has 0 heterocycles. The van der Waals surface area contributed by atoms with Crippen LogP contribution in [0.4, 0.5) is 0 Å². The summed E-state index contributed by atoms with van der Waals surface area (Å²) in [7, 11) is 0. The Morgan fingerprint density at radius 2 is 2.00 bits per heavy atom. The summed E-state index contributed by atoms with van der Waals surface area (Å²) in [6.07, 6.45) is 2.09. The van der Waals surface area contributed by atoms with Crippen LogP contribution in [0, 0.1) is 0 Å². The molecule has 12 heavy (non-hydrogen) atoms. The van der Waals surface area contributed by atoms with Crippen LogP contribution in [0.1, 0.15) is 26.7 Å². The number of esters is 1. The smallest absolute Gasteiger partial charge is 0.321 e. The highest BCUT2D eigenvalue weighted by Crippen LogP contribution is 2.18. The number of hydrogen-bond donors (Lipinski definition) is 0. The predicted molar refractivity (Wildman–Crippen MR) is 67.2 cm³/mol. The van der Waals surface area contributed by atoms with E-state index in [4.69, 9.17) is 4.74 Å². The van der Waals surface area contributed by atoms with Crippen molar-refractivity contribution in [1.82, 2.24) is 0 Å². The fourth-order valence-corrected chi connectivity index (χ4v) is 1.23. The van der Waals surface area contributed by atoms with E-state index in [0.717, 1.165) is 17.3 Å². The van der Waals surface area contributed by atoms with Gasteiger partial charge in [-0.1, -0.05) is 45.2 Å². The molecule has 0 spiro atoms. The lowest BCUT2D eigenvalue weighted by Crippen LogP contribution is -2.26. The van der Waals surface area contributed by atoms with Crippen molar-refractivity contribution in [3.8, 4) is 0 Å². The molecular weight excluding hydrogens is 382 g/mol. The van der Waals surface area contributed by atoms with Gasteiger partial charge < -0.3 is 4.74 Å². The van der Waals surface area contributed by atoms with Crippen LogP contribution in [-0.2, 0) is 9.53 Å². The number of alkyl halides is 2. The van der Waals surface area contributed by atoms with Gasteiger partial charge in [-0.2, -0.15) is 0 Å². The fourth-order valence-electron chi connectivity index (χ4n) is 0.533. The van der Waals surface area contributed by atoms with Gasteiger partial charge in [0.2, 0.25) is 0 Å². The topological polar surface area (TPSA) is 26.3 Å². The van der Waals surface area contributed by atoms with Crippen molar-refractivity contribution >= 4 is 51.2 Å². The quantitative estimate of drug-likeness (QED) is 0.309. The van der Waals surface area contributed by atoms with Crippen molar-refractivity contribution in [2.45, 2.75) is 30.1 Å². The molecule has 0 unspecified atom stereocenters. The molecule has 0 aliphatic heterocycles. The Kier molecular flexibility index (Phi) is 6.89. The molecule has 0 aromatic rings. The van der Waals surface area contributed by atoms with E-state index in [1.54, 1.807) is 0 Å². The zero-order valence-corrected chi connectivity index (χ0v) is 11.7. The highest BCUT2D eigenvalue weighted by Gasteiger charge is 2.24. The molecule has 0 radical (unpaired) electrons. The molecule has 0 saturated heterocycles. The van der Waals surface area contributed by atoms with Crippen molar-refractivity contribution in [3.05, 3.63) is 0 Å². The third-order valence-electron chi connectivity index (χ3n) is 1.25. The van der Waals surface area contributed by atoms with Gasteiger partial charge in [0.1, 0.15) is 3.42 Å². The molecule has 0 bridgehead atoms. The van der Waals surface area contributed by atoms with Crippen LogP contribution >= 0.6 is 45.2 Å². The van der Waals surface area contributed by atoms with Crippen molar-refractivity contribution < 1.29 is 9.53 Å². The Hall–Kier alpha value is 0.930. The maximum Gasteiger partial charge on any atom is 0.321 e. The number of halogens is 2. The summed E-state index contributed by atoms with van der Waals surface area (Å²) in [6, 6.07) is 0. The monoisotopic (exact) mass is 396 g/mol. The van der Waals surface area contributed by atoms with E-state index in [1.807, 2.05) is 13.8 Å². The summed E-state index contributed by atoms with van der Waals surface area (Å²) >= 11 is 4.41. The van der Waals surface area contributed by atoms with Gasteiger partial charge in [-0.3, -0.25) is 4.79 Å². The second-order valence-corrected chi connectivity index (χ2v) is 6.78. The second kappa shape index (κ2) is 6.39. The zero-order chi connectivity index (χ0) is 9.61. The van der Waals surface area contributed by atoms with E-state index in [9.17, 15) is 4.79 Å². The minimum absolute atomic E-state index is 0.114. The molecule has 0 rings (SSSR count). The van der Waals surface area contributed by atoms with Gasteiger partial charge in [-0.25, -0.2) is 0 Å². The zero-order valence-electron chi connectivity index (χ0n) is 7.40. The Morgan fingerprint density at radius 1 is 1.42 bits per heavy atom. The molecule has 0 aromatic heterocycles. The molecule has 2 nitrogen and oxygen atoms in total. The SMILES string of the molecule is CC(C)(I)C(=O)OCCCCI. The molecule has 0 aliphatic carbocycles. The minimum Gasteiger partial charge on any atom is -0.465 e. The number of carbonyl (C=O) groups is 1. The molecule has 0 fully saturated rings. The van der Waals surface area contributed by atoms with Gasteiger partial charge in [0.15, 0.2) is 0 Å². The highest BCUT2D eigenvalue weighted by molar-refractivity contribution is 14.1. The molecule has 0 N–H and O–H groups in total. The maximum absolute atomic E-state index is 11.2. The molecular formula is C8H14I2O2. The number of unbranched alkanes of at least 4 members (excludes halogenated alkanes) is 1. The summed E-state index contributed by atoms with van der Waals surface area (Å²) < 4.78 is 5.80. The maximum atomic E-state index is 11.2. The minimum atomic E-state index is -0.387. The van der Waals surface area contributed by atoms with Crippen LogP contribution < -0.4 is 0 Å². The molecule has 4 heteroatoms. The largest absolute Gasteiger partial charge is 0.465 e. The van der Waals surface area contributed by atoms with Crippen LogP contribution in [0.25, 0.3) is 0 Å². The summed E-state index contributed by atoms with van der Waals surface area (Å²) in [4.78, 5) is 11.2. The predicted octanol–water partition coefficient (Wildman–Crippen LogP) is 2.96. The highest BCUT2D eigenvalue weighted by atomic mass is 127. The summed E-state index contributed by atoms with van der Waals surface area (Å²) in [5.41, 5.74) is 0. The first-order valence-electron chi connectivity index (χ1n) is 3.90. The lowest BCUT2D eigenvalue weighted by molar-refractivity contribution is -0.145. The third-order valence-corrected chi connectivity index (χ3v) is 2.45. The first kappa shape index (κ1) is 12.9. The number of hydrogen-bond acceptors (Lipinski definition) is 2. The molecule has 0 atom stereocenters. The average molecular weight is 396 g/mol. The van der Waals surface area contributed by atoms with Gasteiger partial charge in [0.25, 0.3) is 0 Å². The number of carbonyl (C=O) groups excluding carboxylic acids is 1. The van der Waals surface area contributed by atoms with Crippen LogP contribution in [0.5, 0.6) is 0 Å². The average Bonchev–Trinajstić information content (AvgIpc) is 1.96. The Labute approximate surface area is 101 Å². The van der Waals surface area contributed by atoms with Crippen LogP contribution in [0.3, 0.4) is 0 Å². The lowest BCUT2D eigenvalue weighted by atomic mass is 10.2. The van der Waals surface area contributed by atoms with E-state index in [1.165, 1.54) is 0 Å². The first-order chi connectivity index (χ1) is 5.48. The first-order valence-corrected chi connectivity index (χ1v) is 6.51. The molecule has 0 aromatic carbocycles. The number of rotatable bonds is 5. The van der Waals surface area contributed by atoms with E-state index in [0.29, 0.717) is 6.61 Å². The fraction of sp³-hybridized carbons (Fsp3) is 0.875. The normalized spacial score (nSPS) is 11.3. The summed E-state index contributed by atoms with van der Waals surface area (Å²) in [5.74, 6) is -0.114. The van der Waals surface area contributed by atoms with Crippen molar-refractivity contribution in [3.63, 3.8) is 0 Å². The van der Waals surface area contributed by atoms with E-state index < -0.39 is 0 Å². The standard InChI is InChI=1S/C8H14I2O2/c1-8(2,10)7(11)12-6-4-3-5-9/h3-6H2,1-2H3. The van der Waals surface area contributed by atoms with E-state index in [2.05, 4.69) is 45.2 Å². The lowest BCUT2D eigenvalue weighted by Gasteiger charge is -2.14. The molecule has 0 aliphatic rings. The van der Waals surface area contributed by atoms with Crippen LogP contribution in [-0.4, -0.2) is 20.4 Å².